The molecule has 0 amide bonds. The highest BCUT2D eigenvalue weighted by atomic mass is 16.5. The Kier molecular flexibility index (Phi) is 4.75. The smallest absolute Gasteiger partial charge is 0.332 e. The third-order valence-electron chi connectivity index (χ3n) is 5.03. The zero-order valence-corrected chi connectivity index (χ0v) is 16.2. The van der Waals surface area contributed by atoms with Crippen LogP contribution in [0.1, 0.15) is 5.56 Å². The molecule has 4 rings (SSSR count). The van der Waals surface area contributed by atoms with E-state index in [1.54, 1.807) is 11.6 Å². The molecule has 29 heavy (non-hydrogen) atoms. The lowest BCUT2D eigenvalue weighted by atomic mass is 10.0. The van der Waals surface area contributed by atoms with E-state index >= 15 is 0 Å². The third-order valence-corrected chi connectivity index (χ3v) is 5.03. The average Bonchev–Trinajstić information content (AvgIpc) is 3.15. The van der Waals surface area contributed by atoms with Crippen molar-refractivity contribution in [2.45, 2.75) is 13.0 Å². The van der Waals surface area contributed by atoms with Crippen LogP contribution in [0.2, 0.25) is 0 Å². The molecule has 0 saturated carbocycles. The molecule has 2 aromatic carbocycles. The Morgan fingerprint density at radius 3 is 2.62 bits per heavy atom. The number of carbonyl (C=O) groups is 1. The summed E-state index contributed by atoms with van der Waals surface area (Å²) < 4.78 is 9.33. The van der Waals surface area contributed by atoms with E-state index in [9.17, 15) is 14.4 Å². The number of hydrogen-bond donors (Lipinski definition) is 0. The van der Waals surface area contributed by atoms with Crippen LogP contribution in [-0.2, 0) is 36.6 Å². The van der Waals surface area contributed by atoms with E-state index in [1.807, 2.05) is 42.5 Å². The van der Waals surface area contributed by atoms with Crippen molar-refractivity contribution in [2.75, 3.05) is 6.61 Å². The maximum absolute atomic E-state index is 12.4. The minimum atomic E-state index is -0.436. The minimum absolute atomic E-state index is 0.0983. The molecule has 0 aliphatic carbocycles. The van der Waals surface area contributed by atoms with Crippen molar-refractivity contribution in [3.05, 3.63) is 75.2 Å². The van der Waals surface area contributed by atoms with E-state index in [0.717, 1.165) is 20.9 Å². The fourth-order valence-electron chi connectivity index (χ4n) is 3.48. The summed E-state index contributed by atoms with van der Waals surface area (Å²) >= 11 is 0. The van der Waals surface area contributed by atoms with Gasteiger partial charge in [0.1, 0.15) is 6.61 Å². The average molecular weight is 392 g/mol. The first kappa shape index (κ1) is 18.7. The molecule has 148 valence electrons. The highest BCUT2D eigenvalue weighted by Gasteiger charge is 2.14. The summed E-state index contributed by atoms with van der Waals surface area (Å²) in [5.74, 6) is -0.342. The monoisotopic (exact) mass is 392 g/mol. The number of hydrogen-bond acceptors (Lipinski definition) is 5. The normalized spacial score (nSPS) is 11.2. The lowest BCUT2D eigenvalue weighted by Gasteiger charge is -2.09. The first-order valence-electron chi connectivity index (χ1n) is 9.20. The fraction of sp³-hybridized carbons (Fsp3) is 0.238. The maximum atomic E-state index is 12.4. The van der Waals surface area contributed by atoms with Gasteiger partial charge in [-0.2, -0.15) is 0 Å². The van der Waals surface area contributed by atoms with Gasteiger partial charge >= 0.3 is 11.7 Å². The molecule has 0 saturated heterocycles. The van der Waals surface area contributed by atoms with Crippen LogP contribution in [0, 0.1) is 0 Å². The van der Waals surface area contributed by atoms with Gasteiger partial charge < -0.3 is 9.30 Å². The van der Waals surface area contributed by atoms with Crippen molar-refractivity contribution < 1.29 is 9.53 Å². The van der Waals surface area contributed by atoms with Gasteiger partial charge in [0.25, 0.3) is 5.56 Å². The predicted octanol–water partition coefficient (Wildman–Crippen LogP) is 1.37. The minimum Gasteiger partial charge on any atom is -0.464 e. The van der Waals surface area contributed by atoms with Gasteiger partial charge in [0.05, 0.1) is 19.3 Å². The van der Waals surface area contributed by atoms with Crippen molar-refractivity contribution in [2.24, 2.45) is 14.1 Å². The second kappa shape index (κ2) is 7.38. The molecule has 0 aliphatic heterocycles. The molecule has 0 bridgehead atoms. The topological polar surface area (TPSA) is 88.1 Å². The van der Waals surface area contributed by atoms with E-state index in [0.29, 0.717) is 11.2 Å². The largest absolute Gasteiger partial charge is 0.464 e. The maximum Gasteiger partial charge on any atom is 0.332 e. The van der Waals surface area contributed by atoms with Crippen LogP contribution in [0.15, 0.2) is 58.4 Å². The van der Waals surface area contributed by atoms with Crippen molar-refractivity contribution in [3.63, 3.8) is 0 Å². The molecule has 0 spiro atoms. The molecule has 8 nitrogen and oxygen atoms in total. The molecule has 0 unspecified atom stereocenters. The number of nitrogens with zero attached hydrogens (tertiary/aromatic N) is 4. The number of aromatic nitrogens is 4. The predicted molar refractivity (Wildman–Crippen MR) is 109 cm³/mol. The molecule has 2 heterocycles. The first-order chi connectivity index (χ1) is 14.0. The van der Waals surface area contributed by atoms with Crippen LogP contribution in [0.3, 0.4) is 0 Å². The molecule has 2 aromatic heterocycles. The highest BCUT2D eigenvalue weighted by Crippen LogP contribution is 2.19. The Labute approximate surface area is 165 Å². The quantitative estimate of drug-likeness (QED) is 0.479. The number of aryl methyl sites for hydroxylation is 1. The molecule has 0 aliphatic rings. The van der Waals surface area contributed by atoms with Crippen molar-refractivity contribution >= 4 is 27.9 Å². The Bertz CT molecular complexity index is 1340. The number of fused-ring (bicyclic) bond motifs is 2. The zero-order chi connectivity index (χ0) is 20.5. The summed E-state index contributed by atoms with van der Waals surface area (Å²) in [5, 5.41) is 2.10. The van der Waals surface area contributed by atoms with Crippen LogP contribution < -0.4 is 11.2 Å². The van der Waals surface area contributed by atoms with Gasteiger partial charge in [-0.3, -0.25) is 18.7 Å². The van der Waals surface area contributed by atoms with E-state index in [1.165, 1.54) is 17.9 Å². The number of rotatable bonds is 5. The number of esters is 1. The van der Waals surface area contributed by atoms with E-state index in [2.05, 4.69) is 4.98 Å². The Morgan fingerprint density at radius 2 is 1.79 bits per heavy atom. The van der Waals surface area contributed by atoms with Crippen LogP contribution in [-0.4, -0.2) is 31.3 Å². The van der Waals surface area contributed by atoms with Gasteiger partial charge in [-0.15, -0.1) is 0 Å². The van der Waals surface area contributed by atoms with Crippen molar-refractivity contribution in [1.29, 1.82) is 0 Å². The summed E-state index contributed by atoms with van der Waals surface area (Å²) in [6, 6.07) is 13.7. The van der Waals surface area contributed by atoms with Crippen LogP contribution in [0.25, 0.3) is 21.9 Å². The number of benzene rings is 2. The van der Waals surface area contributed by atoms with Crippen LogP contribution in [0.5, 0.6) is 0 Å². The van der Waals surface area contributed by atoms with Gasteiger partial charge in [0.15, 0.2) is 11.2 Å². The summed E-state index contributed by atoms with van der Waals surface area (Å²) in [6.45, 7) is 0.367. The van der Waals surface area contributed by atoms with Crippen LogP contribution >= 0.6 is 0 Å². The van der Waals surface area contributed by atoms with Gasteiger partial charge in [-0.05, 0) is 16.3 Å². The molecular weight excluding hydrogens is 372 g/mol. The first-order valence-corrected chi connectivity index (χ1v) is 9.20. The van der Waals surface area contributed by atoms with Gasteiger partial charge in [-0.1, -0.05) is 42.5 Å². The van der Waals surface area contributed by atoms with E-state index in [-0.39, 0.29) is 25.5 Å². The highest BCUT2D eigenvalue weighted by molar-refractivity contribution is 5.88. The molecule has 0 atom stereocenters. The summed E-state index contributed by atoms with van der Waals surface area (Å²) in [7, 11) is 2.98. The number of ether oxygens (including phenoxy) is 1. The molecule has 0 N–H and O–H groups in total. The summed E-state index contributed by atoms with van der Waals surface area (Å²) in [6.07, 6.45) is 1.65. The molecule has 0 radical (unpaired) electrons. The molecule has 4 aromatic rings. The van der Waals surface area contributed by atoms with E-state index in [4.69, 9.17) is 4.74 Å². The SMILES string of the molecule is Cn1c(=O)c2c(ncn2CCOC(=O)Cc2cccc3ccccc23)n(C)c1=O. The summed E-state index contributed by atoms with van der Waals surface area (Å²) in [4.78, 5) is 40.9. The number of imidazole rings is 1. The molecule has 0 fully saturated rings. The lowest BCUT2D eigenvalue weighted by Crippen LogP contribution is -2.37. The molecular formula is C21H20N4O4. The standard InChI is InChI=1S/C21H20N4O4/c1-23-19-18(20(27)24(2)21(23)28)25(13-22-19)10-11-29-17(26)12-15-8-5-7-14-6-3-4-9-16(14)15/h3-9,13H,10-12H2,1-2H3. The fourth-order valence-corrected chi connectivity index (χ4v) is 3.48. The lowest BCUT2D eigenvalue weighted by molar-refractivity contribution is -0.143. The van der Waals surface area contributed by atoms with Gasteiger partial charge in [0.2, 0.25) is 0 Å². The van der Waals surface area contributed by atoms with Crippen molar-refractivity contribution in [1.82, 2.24) is 18.7 Å². The second-order valence-electron chi connectivity index (χ2n) is 6.85. The zero-order valence-electron chi connectivity index (χ0n) is 16.2. The Hall–Kier alpha value is -3.68. The van der Waals surface area contributed by atoms with Crippen molar-refractivity contribution in [3.8, 4) is 0 Å². The van der Waals surface area contributed by atoms with Crippen LogP contribution in [0.4, 0.5) is 0 Å². The second-order valence-corrected chi connectivity index (χ2v) is 6.85. The summed E-state index contributed by atoms with van der Waals surface area (Å²) in [5.41, 5.74) is 0.655. The van der Waals surface area contributed by atoms with Gasteiger partial charge in [-0.25, -0.2) is 9.78 Å². The Balaban J connectivity index is 1.47. The number of carbonyl (C=O) groups excluding carboxylic acids is 1. The van der Waals surface area contributed by atoms with E-state index < -0.39 is 11.2 Å². The Morgan fingerprint density at radius 1 is 1.03 bits per heavy atom. The van der Waals surface area contributed by atoms with Gasteiger partial charge in [0, 0.05) is 14.1 Å². The molecule has 8 heteroatoms. The third kappa shape index (κ3) is 3.33.